The SMILES string of the molecule is CC(C)(C)CC(C)(C)C(=Cc1ccccc1)C(C)(C)CC(C)(C)C. The monoisotopic (exact) mass is 328 g/mol. The molecule has 0 aromatic heterocycles. The number of rotatable bonds is 5. The Morgan fingerprint density at radius 2 is 1.04 bits per heavy atom. The van der Waals surface area contributed by atoms with E-state index in [1.165, 1.54) is 18.4 Å². The maximum atomic E-state index is 2.46. The molecule has 24 heavy (non-hydrogen) atoms. The van der Waals surface area contributed by atoms with Gasteiger partial charge in [-0.3, -0.25) is 0 Å². The zero-order valence-corrected chi connectivity index (χ0v) is 17.9. The third-order valence-corrected chi connectivity index (χ3v) is 4.51. The van der Waals surface area contributed by atoms with Crippen molar-refractivity contribution in [1.29, 1.82) is 0 Å². The van der Waals surface area contributed by atoms with Gasteiger partial charge in [0.1, 0.15) is 0 Å². The third-order valence-electron chi connectivity index (χ3n) is 4.51. The van der Waals surface area contributed by atoms with Crippen molar-refractivity contribution in [3.05, 3.63) is 41.5 Å². The van der Waals surface area contributed by atoms with Gasteiger partial charge >= 0.3 is 0 Å². The molecule has 0 aliphatic rings. The zero-order valence-electron chi connectivity index (χ0n) is 17.9. The van der Waals surface area contributed by atoms with E-state index in [2.05, 4.69) is 106 Å². The van der Waals surface area contributed by atoms with Crippen LogP contribution in [0.4, 0.5) is 0 Å². The molecule has 0 heteroatoms. The van der Waals surface area contributed by atoms with Gasteiger partial charge in [-0.1, -0.05) is 111 Å². The predicted molar refractivity (Wildman–Crippen MR) is 110 cm³/mol. The number of hydrogen-bond acceptors (Lipinski definition) is 0. The zero-order chi connectivity index (χ0) is 18.8. The van der Waals surface area contributed by atoms with Crippen LogP contribution in [0.15, 0.2) is 35.9 Å². The van der Waals surface area contributed by atoms with Crippen molar-refractivity contribution >= 4 is 6.08 Å². The molecule has 0 radical (unpaired) electrons. The molecule has 136 valence electrons. The van der Waals surface area contributed by atoms with E-state index < -0.39 is 0 Å². The van der Waals surface area contributed by atoms with E-state index in [1.54, 1.807) is 5.57 Å². The second kappa shape index (κ2) is 7.06. The molecule has 0 unspecified atom stereocenters. The first kappa shape index (κ1) is 21.0. The topological polar surface area (TPSA) is 0 Å². The van der Waals surface area contributed by atoms with Crippen LogP contribution in [0.5, 0.6) is 0 Å². The summed E-state index contributed by atoms with van der Waals surface area (Å²) in [6.07, 6.45) is 4.83. The van der Waals surface area contributed by atoms with Crippen LogP contribution in [-0.2, 0) is 0 Å². The minimum Gasteiger partial charge on any atom is -0.0622 e. The number of allylic oxidation sites excluding steroid dienone is 1. The van der Waals surface area contributed by atoms with Gasteiger partial charge < -0.3 is 0 Å². The van der Waals surface area contributed by atoms with Gasteiger partial charge in [0.25, 0.3) is 0 Å². The van der Waals surface area contributed by atoms with E-state index >= 15 is 0 Å². The van der Waals surface area contributed by atoms with Crippen LogP contribution in [0.1, 0.15) is 87.6 Å². The van der Waals surface area contributed by atoms with Crippen LogP contribution in [0.2, 0.25) is 0 Å². The van der Waals surface area contributed by atoms with Crippen LogP contribution < -0.4 is 0 Å². The Balaban J connectivity index is 3.39. The molecule has 0 saturated heterocycles. The summed E-state index contributed by atoms with van der Waals surface area (Å²) in [5.41, 5.74) is 3.86. The molecule has 0 N–H and O–H groups in total. The van der Waals surface area contributed by atoms with Crippen LogP contribution in [0.25, 0.3) is 6.08 Å². The van der Waals surface area contributed by atoms with E-state index in [-0.39, 0.29) is 10.8 Å². The summed E-state index contributed by atoms with van der Waals surface area (Å²) in [7, 11) is 0. The fourth-order valence-corrected chi connectivity index (χ4v) is 4.86. The molecular formula is C24H40. The van der Waals surface area contributed by atoms with Crippen molar-refractivity contribution in [1.82, 2.24) is 0 Å². The Morgan fingerprint density at radius 3 is 1.38 bits per heavy atom. The molecule has 0 atom stereocenters. The Morgan fingerprint density at radius 1 is 0.667 bits per heavy atom. The summed E-state index contributed by atoms with van der Waals surface area (Å²) in [5, 5.41) is 0. The quantitative estimate of drug-likeness (QED) is 0.513. The lowest BCUT2D eigenvalue weighted by Crippen LogP contribution is -2.33. The van der Waals surface area contributed by atoms with Gasteiger partial charge in [0.15, 0.2) is 0 Å². The second-order valence-corrected chi connectivity index (χ2v) is 11.2. The van der Waals surface area contributed by atoms with Crippen LogP contribution in [0, 0.1) is 21.7 Å². The molecule has 0 saturated carbocycles. The van der Waals surface area contributed by atoms with Crippen molar-refractivity contribution in [3.63, 3.8) is 0 Å². The van der Waals surface area contributed by atoms with Crippen molar-refractivity contribution in [3.8, 4) is 0 Å². The van der Waals surface area contributed by atoms with Crippen LogP contribution in [0.3, 0.4) is 0 Å². The van der Waals surface area contributed by atoms with E-state index in [9.17, 15) is 0 Å². The summed E-state index contributed by atoms with van der Waals surface area (Å²) in [4.78, 5) is 0. The van der Waals surface area contributed by atoms with Gasteiger partial charge in [0.05, 0.1) is 0 Å². The Hall–Kier alpha value is -1.04. The fraction of sp³-hybridized carbons (Fsp3) is 0.667. The molecule has 0 spiro atoms. The highest BCUT2D eigenvalue weighted by molar-refractivity contribution is 5.56. The van der Waals surface area contributed by atoms with Gasteiger partial charge in [-0.25, -0.2) is 0 Å². The predicted octanol–water partition coefficient (Wildman–Crippen LogP) is 7.99. The highest BCUT2D eigenvalue weighted by atomic mass is 14.4. The summed E-state index contributed by atoms with van der Waals surface area (Å²) in [6.45, 7) is 23.8. The molecule has 0 nitrogen and oxygen atoms in total. The molecule has 0 amide bonds. The number of hydrogen-bond donors (Lipinski definition) is 0. The van der Waals surface area contributed by atoms with Crippen LogP contribution >= 0.6 is 0 Å². The van der Waals surface area contributed by atoms with E-state index in [4.69, 9.17) is 0 Å². The lowest BCUT2D eigenvalue weighted by Gasteiger charge is -2.44. The normalized spacial score (nSPS) is 13.8. The van der Waals surface area contributed by atoms with Gasteiger partial charge in [-0.15, -0.1) is 0 Å². The van der Waals surface area contributed by atoms with Gasteiger partial charge in [0.2, 0.25) is 0 Å². The summed E-state index contributed by atoms with van der Waals surface area (Å²) >= 11 is 0. The Labute approximate surface area is 151 Å². The Kier molecular flexibility index (Phi) is 6.18. The lowest BCUT2D eigenvalue weighted by atomic mass is 9.60. The van der Waals surface area contributed by atoms with Crippen molar-refractivity contribution in [2.45, 2.75) is 82.1 Å². The van der Waals surface area contributed by atoms with E-state index in [0.29, 0.717) is 10.8 Å². The van der Waals surface area contributed by atoms with E-state index in [1.807, 2.05) is 0 Å². The third kappa shape index (κ3) is 6.83. The molecular weight excluding hydrogens is 288 g/mol. The molecule has 1 rings (SSSR count). The minimum absolute atomic E-state index is 0.169. The van der Waals surface area contributed by atoms with Gasteiger partial charge in [-0.2, -0.15) is 0 Å². The van der Waals surface area contributed by atoms with Crippen molar-refractivity contribution < 1.29 is 0 Å². The fourth-order valence-electron chi connectivity index (χ4n) is 4.86. The first-order valence-corrected chi connectivity index (χ1v) is 9.40. The average Bonchev–Trinajstić information content (AvgIpc) is 2.31. The summed E-state index contributed by atoms with van der Waals surface area (Å²) in [6, 6.07) is 10.8. The minimum atomic E-state index is 0.169. The summed E-state index contributed by atoms with van der Waals surface area (Å²) in [5.74, 6) is 0. The van der Waals surface area contributed by atoms with Gasteiger partial charge in [-0.05, 0) is 40.1 Å². The van der Waals surface area contributed by atoms with E-state index in [0.717, 1.165) is 0 Å². The highest BCUT2D eigenvalue weighted by Gasteiger charge is 2.39. The first-order valence-electron chi connectivity index (χ1n) is 9.40. The molecule has 1 aromatic rings. The Bertz CT molecular complexity index is 512. The first-order chi connectivity index (χ1) is 10.6. The second-order valence-electron chi connectivity index (χ2n) is 11.2. The smallest absolute Gasteiger partial charge is 0.0131 e. The standard InChI is InChI=1S/C24H40/c1-21(2,3)17-23(7,8)20(16-19-14-12-11-13-15-19)24(9,10)18-22(4,5)6/h11-16H,17-18H2,1-10H3. The molecule has 0 aliphatic heterocycles. The maximum absolute atomic E-state index is 2.46. The van der Waals surface area contributed by atoms with Crippen molar-refractivity contribution in [2.24, 2.45) is 21.7 Å². The van der Waals surface area contributed by atoms with Gasteiger partial charge in [0, 0.05) is 0 Å². The lowest BCUT2D eigenvalue weighted by molar-refractivity contribution is 0.178. The van der Waals surface area contributed by atoms with Crippen molar-refractivity contribution in [2.75, 3.05) is 0 Å². The maximum Gasteiger partial charge on any atom is -0.0131 e. The molecule has 1 aromatic carbocycles. The molecule has 0 aliphatic carbocycles. The molecule has 0 heterocycles. The average molecular weight is 329 g/mol. The largest absolute Gasteiger partial charge is 0.0622 e. The number of benzene rings is 1. The molecule has 0 bridgehead atoms. The highest BCUT2D eigenvalue weighted by Crippen LogP contribution is 2.50. The molecule has 0 fully saturated rings. The summed E-state index contributed by atoms with van der Waals surface area (Å²) < 4.78 is 0. The van der Waals surface area contributed by atoms with Crippen LogP contribution in [-0.4, -0.2) is 0 Å².